The van der Waals surface area contributed by atoms with E-state index in [0.717, 1.165) is 16.9 Å². The smallest absolute Gasteiger partial charge is 0.261 e. The number of nitrogens with one attached hydrogen (secondary N) is 3. The van der Waals surface area contributed by atoms with Crippen LogP contribution >= 0.6 is 0 Å². The van der Waals surface area contributed by atoms with E-state index in [0.29, 0.717) is 11.4 Å². The molecule has 0 bridgehead atoms. The van der Waals surface area contributed by atoms with Crippen LogP contribution in [0, 0.1) is 6.92 Å². The molecule has 0 aliphatic rings. The van der Waals surface area contributed by atoms with Crippen LogP contribution < -0.4 is 15.4 Å². The molecule has 3 N–H and O–H groups in total. The van der Waals surface area contributed by atoms with Gasteiger partial charge >= 0.3 is 0 Å². The maximum absolute atomic E-state index is 12.5. The third kappa shape index (κ3) is 5.11. The fraction of sp³-hybridized carbons (Fsp3) is 0.0952. The van der Waals surface area contributed by atoms with E-state index in [9.17, 15) is 13.2 Å². The Morgan fingerprint density at radius 2 is 1.39 bits per heavy atom. The highest BCUT2D eigenvalue weighted by Crippen LogP contribution is 2.23. The number of amides is 1. The van der Waals surface area contributed by atoms with Crippen LogP contribution in [0.3, 0.4) is 0 Å². The number of aryl methyl sites for hydroxylation is 1. The molecule has 1 amide bonds. The lowest BCUT2D eigenvalue weighted by Gasteiger charge is -2.11. The van der Waals surface area contributed by atoms with Crippen molar-refractivity contribution in [3.8, 4) is 0 Å². The second-order valence-corrected chi connectivity index (χ2v) is 8.07. The van der Waals surface area contributed by atoms with Gasteiger partial charge in [-0.05, 0) is 61.5 Å². The maximum atomic E-state index is 12.5. The van der Waals surface area contributed by atoms with Gasteiger partial charge in [0, 0.05) is 29.7 Å². The van der Waals surface area contributed by atoms with Crippen molar-refractivity contribution in [1.29, 1.82) is 0 Å². The first kappa shape index (κ1) is 19.4. The molecular weight excluding hydrogens is 374 g/mol. The molecule has 3 aromatic rings. The van der Waals surface area contributed by atoms with Gasteiger partial charge in [0.05, 0.1) is 4.90 Å². The van der Waals surface area contributed by atoms with E-state index in [-0.39, 0.29) is 10.8 Å². The molecule has 0 aliphatic heterocycles. The number of hydrogen-bond acceptors (Lipinski definition) is 4. The first-order valence-electron chi connectivity index (χ1n) is 8.66. The fourth-order valence-electron chi connectivity index (χ4n) is 2.60. The summed E-state index contributed by atoms with van der Waals surface area (Å²) in [6.07, 6.45) is 0. The summed E-state index contributed by atoms with van der Waals surface area (Å²) < 4.78 is 27.5. The third-order valence-corrected chi connectivity index (χ3v) is 5.34. The lowest BCUT2D eigenvalue weighted by molar-refractivity contribution is -0.114. The lowest BCUT2D eigenvalue weighted by atomic mass is 10.2. The molecule has 0 saturated heterocycles. The minimum atomic E-state index is -3.63. The summed E-state index contributed by atoms with van der Waals surface area (Å²) in [6, 6.07) is 20.9. The number of hydrogen-bond donors (Lipinski definition) is 3. The molecular formula is C21H21N3O3S. The van der Waals surface area contributed by atoms with Gasteiger partial charge in [0.15, 0.2) is 0 Å². The normalized spacial score (nSPS) is 10.9. The van der Waals surface area contributed by atoms with Gasteiger partial charge in [-0.25, -0.2) is 8.42 Å². The molecule has 6 nitrogen and oxygen atoms in total. The van der Waals surface area contributed by atoms with Crippen molar-refractivity contribution < 1.29 is 13.2 Å². The van der Waals surface area contributed by atoms with E-state index in [2.05, 4.69) is 15.4 Å². The predicted octanol–water partition coefficient (Wildman–Crippen LogP) is 4.50. The molecule has 0 saturated carbocycles. The largest absolute Gasteiger partial charge is 0.355 e. The van der Waals surface area contributed by atoms with Crippen LogP contribution in [-0.2, 0) is 14.8 Å². The predicted molar refractivity (Wildman–Crippen MR) is 112 cm³/mol. The SMILES string of the molecule is CC(=O)Nc1cccc(Nc2ccc(NS(=O)(=O)c3ccc(C)cc3)cc2)c1. The molecule has 0 spiro atoms. The highest BCUT2D eigenvalue weighted by molar-refractivity contribution is 7.92. The monoisotopic (exact) mass is 395 g/mol. The summed E-state index contributed by atoms with van der Waals surface area (Å²) in [6.45, 7) is 3.36. The standard InChI is InChI=1S/C21H21N3O3S/c1-15-6-12-21(13-7-15)28(26,27)24-18-10-8-17(9-11-18)23-20-5-3-4-19(14-20)22-16(2)25/h3-14,23-24H,1-2H3,(H,22,25). The van der Waals surface area contributed by atoms with Crippen LogP contribution in [0.25, 0.3) is 0 Å². The Kier molecular flexibility index (Phi) is 5.65. The van der Waals surface area contributed by atoms with Crippen LogP contribution in [0.15, 0.2) is 77.7 Å². The number of carbonyl (C=O) groups excluding carboxylic acids is 1. The average Bonchev–Trinajstić information content (AvgIpc) is 2.63. The highest BCUT2D eigenvalue weighted by Gasteiger charge is 2.13. The zero-order chi connectivity index (χ0) is 20.1. The quantitative estimate of drug-likeness (QED) is 0.574. The molecule has 0 radical (unpaired) electrons. The number of benzene rings is 3. The van der Waals surface area contributed by atoms with Gasteiger partial charge < -0.3 is 10.6 Å². The molecule has 0 atom stereocenters. The summed E-state index contributed by atoms with van der Waals surface area (Å²) in [4.78, 5) is 11.4. The first-order chi connectivity index (χ1) is 13.3. The molecule has 3 rings (SSSR count). The summed E-state index contributed by atoms with van der Waals surface area (Å²) in [7, 11) is -3.63. The molecule has 0 aliphatic carbocycles. The van der Waals surface area contributed by atoms with E-state index in [4.69, 9.17) is 0 Å². The van der Waals surface area contributed by atoms with Crippen molar-refractivity contribution in [2.45, 2.75) is 18.7 Å². The molecule has 7 heteroatoms. The van der Waals surface area contributed by atoms with Crippen molar-refractivity contribution in [2.24, 2.45) is 0 Å². The van der Waals surface area contributed by atoms with Gasteiger partial charge in [0.2, 0.25) is 5.91 Å². The van der Waals surface area contributed by atoms with Crippen molar-refractivity contribution in [3.05, 3.63) is 78.4 Å². The van der Waals surface area contributed by atoms with Crippen molar-refractivity contribution in [2.75, 3.05) is 15.4 Å². The Morgan fingerprint density at radius 3 is 2.04 bits per heavy atom. The lowest BCUT2D eigenvalue weighted by Crippen LogP contribution is -2.12. The van der Waals surface area contributed by atoms with Crippen molar-refractivity contribution in [3.63, 3.8) is 0 Å². The minimum Gasteiger partial charge on any atom is -0.355 e. The molecule has 0 aromatic heterocycles. The van der Waals surface area contributed by atoms with Crippen LogP contribution in [-0.4, -0.2) is 14.3 Å². The molecule has 0 unspecified atom stereocenters. The molecule has 0 heterocycles. The Balaban J connectivity index is 1.70. The zero-order valence-corrected chi connectivity index (χ0v) is 16.4. The maximum Gasteiger partial charge on any atom is 0.261 e. The molecule has 3 aromatic carbocycles. The number of anilines is 4. The highest BCUT2D eigenvalue weighted by atomic mass is 32.2. The number of carbonyl (C=O) groups is 1. The second-order valence-electron chi connectivity index (χ2n) is 6.38. The van der Waals surface area contributed by atoms with Crippen LogP contribution in [0.4, 0.5) is 22.7 Å². The van der Waals surface area contributed by atoms with Crippen LogP contribution in [0.5, 0.6) is 0 Å². The molecule has 28 heavy (non-hydrogen) atoms. The van der Waals surface area contributed by atoms with Gasteiger partial charge in [-0.15, -0.1) is 0 Å². The summed E-state index contributed by atoms with van der Waals surface area (Å²) in [5.74, 6) is -0.137. The average molecular weight is 395 g/mol. The fourth-order valence-corrected chi connectivity index (χ4v) is 3.66. The topological polar surface area (TPSA) is 87.3 Å². The third-order valence-electron chi connectivity index (χ3n) is 3.94. The first-order valence-corrected chi connectivity index (χ1v) is 10.1. The summed E-state index contributed by atoms with van der Waals surface area (Å²) in [5.41, 5.74) is 3.76. The Morgan fingerprint density at radius 1 is 0.786 bits per heavy atom. The van der Waals surface area contributed by atoms with Gasteiger partial charge in [-0.3, -0.25) is 9.52 Å². The second kappa shape index (κ2) is 8.14. The number of sulfonamides is 1. The molecule has 0 fully saturated rings. The van der Waals surface area contributed by atoms with Gasteiger partial charge in [0.1, 0.15) is 0 Å². The molecule has 144 valence electrons. The van der Waals surface area contributed by atoms with Crippen LogP contribution in [0.2, 0.25) is 0 Å². The summed E-state index contributed by atoms with van der Waals surface area (Å²) in [5, 5.41) is 5.95. The van der Waals surface area contributed by atoms with E-state index < -0.39 is 10.0 Å². The Labute approximate surface area is 164 Å². The Hall–Kier alpha value is -3.32. The zero-order valence-electron chi connectivity index (χ0n) is 15.6. The number of rotatable bonds is 6. The van der Waals surface area contributed by atoms with E-state index >= 15 is 0 Å². The van der Waals surface area contributed by atoms with Crippen molar-refractivity contribution in [1.82, 2.24) is 0 Å². The van der Waals surface area contributed by atoms with E-state index in [1.165, 1.54) is 6.92 Å². The van der Waals surface area contributed by atoms with E-state index in [1.54, 1.807) is 54.6 Å². The van der Waals surface area contributed by atoms with Crippen LogP contribution in [0.1, 0.15) is 12.5 Å². The van der Waals surface area contributed by atoms with Crippen molar-refractivity contribution >= 4 is 38.7 Å². The van der Waals surface area contributed by atoms with Gasteiger partial charge in [-0.2, -0.15) is 0 Å². The Bertz CT molecular complexity index is 1080. The van der Waals surface area contributed by atoms with Gasteiger partial charge in [-0.1, -0.05) is 23.8 Å². The van der Waals surface area contributed by atoms with Gasteiger partial charge in [0.25, 0.3) is 10.0 Å². The minimum absolute atomic E-state index is 0.137. The van der Waals surface area contributed by atoms with E-state index in [1.807, 2.05) is 25.1 Å². The summed E-state index contributed by atoms with van der Waals surface area (Å²) >= 11 is 0.